The van der Waals surface area contributed by atoms with E-state index in [2.05, 4.69) is 31.6 Å². The van der Waals surface area contributed by atoms with Crippen LogP contribution in [-0.4, -0.2) is 18.8 Å². The van der Waals surface area contributed by atoms with Crippen LogP contribution in [0.3, 0.4) is 0 Å². The lowest BCUT2D eigenvalue weighted by Gasteiger charge is -2.32. The van der Waals surface area contributed by atoms with E-state index in [0.29, 0.717) is 6.08 Å². The summed E-state index contributed by atoms with van der Waals surface area (Å²) in [6, 6.07) is 0. The molecule has 0 fully saturated rings. The van der Waals surface area contributed by atoms with Gasteiger partial charge in [-0.15, -0.1) is 0 Å². The van der Waals surface area contributed by atoms with E-state index in [1.165, 1.54) is 30.6 Å². The van der Waals surface area contributed by atoms with Crippen molar-refractivity contribution in [2.45, 2.75) is 60.1 Å². The Bertz CT molecular complexity index is 687. The molecule has 150 valence electrons. The van der Waals surface area contributed by atoms with Crippen LogP contribution in [0.15, 0.2) is 58.7 Å². The molecular weight excluding hydrogens is 353 g/mol. The van der Waals surface area contributed by atoms with Crippen LogP contribution in [0.4, 0.5) is 13.2 Å². The van der Waals surface area contributed by atoms with Crippen LogP contribution in [0.5, 0.6) is 0 Å². The van der Waals surface area contributed by atoms with E-state index >= 15 is 0 Å². The van der Waals surface area contributed by atoms with Crippen molar-refractivity contribution in [1.82, 2.24) is 0 Å². The molecule has 0 bridgehead atoms. The minimum Gasteiger partial charge on any atom is -0.463 e. The molecule has 0 atom stereocenters. The number of hydrogen-bond donors (Lipinski definition) is 0. The Labute approximate surface area is 160 Å². The Morgan fingerprint density at radius 1 is 1.26 bits per heavy atom. The summed E-state index contributed by atoms with van der Waals surface area (Å²) in [5.41, 5.74) is 2.55. The molecule has 1 aliphatic carbocycles. The van der Waals surface area contributed by atoms with Crippen LogP contribution in [-0.2, 0) is 9.53 Å². The third-order valence-corrected chi connectivity index (χ3v) is 4.58. The van der Waals surface area contributed by atoms with Gasteiger partial charge in [-0.2, -0.15) is 13.2 Å². The van der Waals surface area contributed by atoms with E-state index in [4.69, 9.17) is 0 Å². The molecule has 5 heteroatoms. The zero-order chi connectivity index (χ0) is 20.7. The molecule has 0 amide bonds. The highest BCUT2D eigenvalue weighted by atomic mass is 19.4. The van der Waals surface area contributed by atoms with Gasteiger partial charge in [0.25, 0.3) is 0 Å². The number of hydrogen-bond acceptors (Lipinski definition) is 2. The lowest BCUT2D eigenvalue weighted by atomic mass is 9.72. The fraction of sp³-hybridized carbons (Fsp3) is 0.500. The minimum atomic E-state index is -4.62. The summed E-state index contributed by atoms with van der Waals surface area (Å²) in [5.74, 6) is -1.00. The van der Waals surface area contributed by atoms with Crippen molar-refractivity contribution >= 4 is 5.97 Å². The second-order valence-electron chi connectivity index (χ2n) is 7.38. The summed E-state index contributed by atoms with van der Waals surface area (Å²) in [6.45, 7) is 9.95. The molecule has 27 heavy (non-hydrogen) atoms. The van der Waals surface area contributed by atoms with Gasteiger partial charge < -0.3 is 4.74 Å². The maximum absolute atomic E-state index is 13.0. The van der Waals surface area contributed by atoms with Crippen LogP contribution < -0.4 is 0 Å². The fourth-order valence-electron chi connectivity index (χ4n) is 3.12. The lowest BCUT2D eigenvalue weighted by molar-refractivity contribution is -0.138. The van der Waals surface area contributed by atoms with Gasteiger partial charge in [0.1, 0.15) is 0 Å². The molecule has 1 aliphatic rings. The first-order chi connectivity index (χ1) is 12.5. The fourth-order valence-corrected chi connectivity index (χ4v) is 3.12. The van der Waals surface area contributed by atoms with Gasteiger partial charge in [0.2, 0.25) is 0 Å². The highest BCUT2D eigenvalue weighted by molar-refractivity contribution is 5.83. The molecule has 1 rings (SSSR count). The monoisotopic (exact) mass is 382 g/mol. The van der Waals surface area contributed by atoms with Crippen LogP contribution >= 0.6 is 0 Å². The largest absolute Gasteiger partial charge is 0.463 e. The molecule has 0 aliphatic heterocycles. The van der Waals surface area contributed by atoms with E-state index < -0.39 is 17.7 Å². The smallest absolute Gasteiger partial charge is 0.416 e. The maximum atomic E-state index is 13.0. The summed E-state index contributed by atoms with van der Waals surface area (Å²) in [7, 11) is 0. The number of carbonyl (C=O) groups is 1. The number of allylic oxidation sites excluding steroid dienone is 9. The van der Waals surface area contributed by atoms with Crippen molar-refractivity contribution in [2.75, 3.05) is 6.61 Å². The van der Waals surface area contributed by atoms with Gasteiger partial charge in [-0.3, -0.25) is 0 Å². The summed E-state index contributed by atoms with van der Waals surface area (Å²) < 4.78 is 43.5. The standard InChI is InChI=1S/C22H29F3O2/c1-6-27-20(26)15-18(22(23,24)25)11-7-9-16(2)12-13-19-17(3)10-8-14-21(19,4)5/h7,9,11-13,15H,6,8,10,14H2,1-5H3/b11-7+,13-12+,16-9+,18-15-. The van der Waals surface area contributed by atoms with Crippen LogP contribution in [0.25, 0.3) is 0 Å². The number of esters is 1. The van der Waals surface area contributed by atoms with Gasteiger partial charge in [-0.25, -0.2) is 4.79 Å². The predicted octanol–water partition coefficient (Wildman–Crippen LogP) is 6.62. The number of rotatable bonds is 6. The van der Waals surface area contributed by atoms with Crippen molar-refractivity contribution in [3.63, 3.8) is 0 Å². The van der Waals surface area contributed by atoms with E-state index in [-0.39, 0.29) is 12.0 Å². The molecule has 0 heterocycles. The Hall–Kier alpha value is -2.04. The third-order valence-electron chi connectivity index (χ3n) is 4.58. The average Bonchev–Trinajstić information content (AvgIpc) is 2.52. The lowest BCUT2D eigenvalue weighted by Crippen LogP contribution is -2.19. The minimum absolute atomic E-state index is 0.0274. The van der Waals surface area contributed by atoms with Gasteiger partial charge >= 0.3 is 12.1 Å². The van der Waals surface area contributed by atoms with Crippen LogP contribution in [0.1, 0.15) is 53.9 Å². The van der Waals surface area contributed by atoms with Crippen LogP contribution in [0.2, 0.25) is 0 Å². The summed E-state index contributed by atoms with van der Waals surface area (Å²) >= 11 is 0. The van der Waals surface area contributed by atoms with E-state index in [1.807, 2.05) is 13.0 Å². The molecule has 0 aromatic heterocycles. The Morgan fingerprint density at radius 3 is 2.48 bits per heavy atom. The summed E-state index contributed by atoms with van der Waals surface area (Å²) in [5, 5.41) is 0. The molecule has 2 nitrogen and oxygen atoms in total. The molecule has 0 N–H and O–H groups in total. The van der Waals surface area contributed by atoms with Gasteiger partial charge in [0.15, 0.2) is 0 Å². The number of halogens is 3. The normalized spacial score (nSPS) is 19.3. The average molecular weight is 382 g/mol. The Balaban J connectivity index is 2.94. The zero-order valence-electron chi connectivity index (χ0n) is 16.7. The third kappa shape index (κ3) is 7.61. The SMILES string of the molecule is CCOC(=O)/C=C(/C=C/C=C(C)/C=C/C1=C(C)CCCC1(C)C)C(F)(F)F. The zero-order valence-corrected chi connectivity index (χ0v) is 16.7. The van der Waals surface area contributed by atoms with Crippen molar-refractivity contribution in [1.29, 1.82) is 0 Å². The molecule has 0 spiro atoms. The van der Waals surface area contributed by atoms with E-state index in [1.54, 1.807) is 6.08 Å². The molecule has 0 saturated heterocycles. The molecule has 0 aromatic carbocycles. The highest BCUT2D eigenvalue weighted by Gasteiger charge is 2.32. The summed E-state index contributed by atoms with van der Waals surface area (Å²) in [4.78, 5) is 11.3. The number of alkyl halides is 3. The topological polar surface area (TPSA) is 26.3 Å². The number of carbonyl (C=O) groups excluding carboxylic acids is 1. The quantitative estimate of drug-likeness (QED) is 0.293. The van der Waals surface area contributed by atoms with Crippen molar-refractivity contribution in [3.8, 4) is 0 Å². The van der Waals surface area contributed by atoms with Crippen LogP contribution in [0, 0.1) is 5.41 Å². The first-order valence-electron chi connectivity index (χ1n) is 9.16. The highest BCUT2D eigenvalue weighted by Crippen LogP contribution is 2.40. The van der Waals surface area contributed by atoms with E-state index in [0.717, 1.165) is 24.5 Å². The maximum Gasteiger partial charge on any atom is 0.416 e. The second-order valence-corrected chi connectivity index (χ2v) is 7.38. The van der Waals surface area contributed by atoms with Gasteiger partial charge in [0.05, 0.1) is 12.2 Å². The van der Waals surface area contributed by atoms with Crippen molar-refractivity contribution < 1.29 is 22.7 Å². The Morgan fingerprint density at radius 2 is 1.93 bits per heavy atom. The molecular formula is C22H29F3O2. The Kier molecular flexibility index (Phi) is 8.32. The van der Waals surface area contributed by atoms with Gasteiger partial charge in [-0.1, -0.05) is 49.3 Å². The van der Waals surface area contributed by atoms with E-state index in [9.17, 15) is 18.0 Å². The molecule has 0 unspecified atom stereocenters. The van der Waals surface area contributed by atoms with Crippen molar-refractivity contribution in [2.24, 2.45) is 5.41 Å². The first kappa shape index (κ1) is 23.0. The van der Waals surface area contributed by atoms with Gasteiger partial charge in [-0.05, 0) is 57.1 Å². The summed E-state index contributed by atoms with van der Waals surface area (Å²) in [6.07, 6.45) is 6.99. The molecule has 0 radical (unpaired) electrons. The second kappa shape index (κ2) is 9.77. The predicted molar refractivity (Wildman–Crippen MR) is 103 cm³/mol. The molecule has 0 saturated carbocycles. The van der Waals surface area contributed by atoms with Crippen molar-refractivity contribution in [3.05, 3.63) is 58.7 Å². The first-order valence-corrected chi connectivity index (χ1v) is 9.16. The number of ether oxygens (including phenoxy) is 1. The molecule has 0 aromatic rings. The van der Waals surface area contributed by atoms with Gasteiger partial charge in [0, 0.05) is 6.08 Å².